The lowest BCUT2D eigenvalue weighted by Crippen LogP contribution is -2.33. The summed E-state index contributed by atoms with van der Waals surface area (Å²) in [6.07, 6.45) is 0. The molecular weight excluding hydrogens is 187 g/mol. The summed E-state index contributed by atoms with van der Waals surface area (Å²) >= 11 is 4.80. The zero-order valence-corrected chi connectivity index (χ0v) is 8.14. The molecule has 0 amide bonds. The summed E-state index contributed by atoms with van der Waals surface area (Å²) in [5.74, 6) is 0. The first-order chi connectivity index (χ1) is 6.25. The molecule has 0 aliphatic rings. The molecule has 0 radical (unpaired) electrons. The van der Waals surface area contributed by atoms with Crippen LogP contribution in [0.3, 0.4) is 0 Å². The van der Waals surface area contributed by atoms with Crippen molar-refractivity contribution in [3.63, 3.8) is 0 Å². The van der Waals surface area contributed by atoms with Crippen molar-refractivity contribution in [1.29, 1.82) is 0 Å². The molecule has 0 aliphatic carbocycles. The van der Waals surface area contributed by atoms with E-state index in [1.165, 1.54) is 0 Å². The van der Waals surface area contributed by atoms with Crippen molar-refractivity contribution >= 4 is 23.0 Å². The van der Waals surface area contributed by atoms with Crippen LogP contribution in [-0.2, 0) is 0 Å². The Morgan fingerprint density at radius 1 is 1.46 bits per heavy atom. The van der Waals surface area contributed by atoms with Crippen LogP contribution < -0.4 is 10.4 Å². The van der Waals surface area contributed by atoms with Gasteiger partial charge in [0.2, 0.25) is 5.11 Å². The summed E-state index contributed by atoms with van der Waals surface area (Å²) in [5.41, 5.74) is 0.438. The number of benzene rings is 1. The number of nitrogens with one attached hydrogen (secondary N) is 1. The third kappa shape index (κ3) is 2.66. The molecule has 0 unspecified atom stereocenters. The van der Waals surface area contributed by atoms with Crippen molar-refractivity contribution in [2.45, 2.75) is 6.92 Å². The van der Waals surface area contributed by atoms with Gasteiger partial charge in [0.1, 0.15) is 0 Å². The van der Waals surface area contributed by atoms with Crippen LogP contribution in [0.15, 0.2) is 30.3 Å². The van der Waals surface area contributed by atoms with Crippen LogP contribution in [0.25, 0.3) is 0 Å². The Kier molecular flexibility index (Phi) is 3.64. The van der Waals surface area contributed by atoms with E-state index in [0.29, 0.717) is 17.4 Å². The summed E-state index contributed by atoms with van der Waals surface area (Å²) in [7, 11) is 0. The van der Waals surface area contributed by atoms with E-state index in [9.17, 15) is 4.48 Å². The molecule has 1 rings (SSSR count). The van der Waals surface area contributed by atoms with Gasteiger partial charge >= 0.3 is 0 Å². The van der Waals surface area contributed by atoms with Crippen molar-refractivity contribution in [3.8, 4) is 0 Å². The van der Waals surface area contributed by atoms with Crippen molar-refractivity contribution in [2.24, 2.45) is 0 Å². The molecule has 0 heterocycles. The van der Waals surface area contributed by atoms with Gasteiger partial charge in [-0.1, -0.05) is 22.7 Å². The molecule has 2 nitrogen and oxygen atoms in total. The molecule has 1 aromatic rings. The minimum absolute atomic E-state index is 0.0914. The maximum absolute atomic E-state index is 13.3. The van der Waals surface area contributed by atoms with E-state index in [1.54, 1.807) is 24.3 Å². The molecule has 0 fully saturated rings. The number of thiocarbonyl (C=S) groups is 1. The van der Waals surface area contributed by atoms with Gasteiger partial charge in [0.05, 0.1) is 5.69 Å². The highest BCUT2D eigenvalue weighted by Crippen LogP contribution is 2.13. The predicted octanol–water partition coefficient (Wildman–Crippen LogP) is 2.27. The van der Waals surface area contributed by atoms with Crippen LogP contribution in [0.2, 0.25) is 0 Å². The first kappa shape index (κ1) is 9.92. The number of rotatable bonds is 2. The molecule has 1 aromatic carbocycles. The molecule has 0 atom stereocenters. The van der Waals surface area contributed by atoms with Gasteiger partial charge in [0, 0.05) is 6.54 Å². The third-order valence-corrected chi connectivity index (χ3v) is 1.79. The van der Waals surface area contributed by atoms with Crippen LogP contribution in [0.5, 0.6) is 0 Å². The van der Waals surface area contributed by atoms with Gasteiger partial charge in [0.15, 0.2) is 0 Å². The second kappa shape index (κ2) is 4.77. The van der Waals surface area contributed by atoms with E-state index in [0.717, 1.165) is 0 Å². The molecular formula is C9H11FN2S. The number of halogens is 1. The van der Waals surface area contributed by atoms with E-state index in [4.69, 9.17) is 12.2 Å². The highest BCUT2D eigenvalue weighted by molar-refractivity contribution is 7.80. The van der Waals surface area contributed by atoms with Crippen molar-refractivity contribution < 1.29 is 4.48 Å². The van der Waals surface area contributed by atoms with Crippen molar-refractivity contribution in [2.75, 3.05) is 11.7 Å². The zero-order valence-electron chi connectivity index (χ0n) is 7.33. The molecule has 0 aromatic heterocycles. The topological polar surface area (TPSA) is 15.3 Å². The van der Waals surface area contributed by atoms with Crippen molar-refractivity contribution in [3.05, 3.63) is 30.3 Å². The second-order valence-electron chi connectivity index (χ2n) is 2.45. The maximum atomic E-state index is 13.3. The molecule has 4 heteroatoms. The van der Waals surface area contributed by atoms with E-state index >= 15 is 0 Å². The lowest BCUT2D eigenvalue weighted by molar-refractivity contribution is 0.516. The van der Waals surface area contributed by atoms with Gasteiger partial charge in [-0.05, 0) is 31.3 Å². The maximum Gasteiger partial charge on any atom is 0.203 e. The van der Waals surface area contributed by atoms with Gasteiger partial charge in [-0.25, -0.2) is 0 Å². The van der Waals surface area contributed by atoms with Crippen LogP contribution in [-0.4, -0.2) is 11.7 Å². The fourth-order valence-corrected chi connectivity index (χ4v) is 1.15. The quantitative estimate of drug-likeness (QED) is 0.579. The van der Waals surface area contributed by atoms with Gasteiger partial charge < -0.3 is 5.32 Å². The zero-order chi connectivity index (χ0) is 9.68. The lowest BCUT2D eigenvalue weighted by atomic mass is 10.3. The first-order valence-electron chi connectivity index (χ1n) is 4.04. The van der Waals surface area contributed by atoms with E-state index in [-0.39, 0.29) is 5.11 Å². The Bertz CT molecular complexity index is 276. The molecule has 0 spiro atoms. The number of anilines is 1. The molecule has 0 saturated heterocycles. The van der Waals surface area contributed by atoms with Gasteiger partial charge in [0.25, 0.3) is 0 Å². The predicted molar refractivity (Wildman–Crippen MR) is 56.3 cm³/mol. The minimum atomic E-state index is 0.0914. The number of nitrogens with zero attached hydrogens (tertiary/aromatic N) is 1. The Balaban J connectivity index is 2.68. The van der Waals surface area contributed by atoms with Gasteiger partial charge in [-0.15, -0.1) is 0 Å². The Hall–Kier alpha value is -1.16. The molecule has 0 bridgehead atoms. The van der Waals surface area contributed by atoms with Crippen LogP contribution in [0.1, 0.15) is 6.92 Å². The van der Waals surface area contributed by atoms with Gasteiger partial charge in [-0.2, -0.15) is 5.12 Å². The number of hydrogen-bond acceptors (Lipinski definition) is 1. The second-order valence-corrected chi connectivity index (χ2v) is 2.84. The first-order valence-corrected chi connectivity index (χ1v) is 4.45. The number of hydrogen-bond donors (Lipinski definition) is 1. The summed E-state index contributed by atoms with van der Waals surface area (Å²) in [6, 6.07) is 8.66. The highest BCUT2D eigenvalue weighted by Gasteiger charge is 2.08. The summed E-state index contributed by atoms with van der Waals surface area (Å²) in [4.78, 5) is 0. The third-order valence-electron chi connectivity index (χ3n) is 1.49. The summed E-state index contributed by atoms with van der Waals surface area (Å²) in [6.45, 7) is 2.48. The molecule has 0 saturated carbocycles. The standard InChI is InChI=1S/C9H11FN2S/c1-2-11-9(13)12(10)8-6-4-3-5-7-8/h3-7H,2H2,1H3,(H,11,13). The molecule has 0 aliphatic heterocycles. The summed E-state index contributed by atoms with van der Waals surface area (Å²) < 4.78 is 13.3. The molecule has 13 heavy (non-hydrogen) atoms. The minimum Gasteiger partial charge on any atom is -0.361 e. The summed E-state index contributed by atoms with van der Waals surface area (Å²) in [5, 5.41) is 3.27. The lowest BCUT2D eigenvalue weighted by Gasteiger charge is -2.14. The average molecular weight is 198 g/mol. The highest BCUT2D eigenvalue weighted by atomic mass is 32.1. The van der Waals surface area contributed by atoms with Gasteiger partial charge in [-0.3, -0.25) is 0 Å². The number of para-hydroxylation sites is 1. The Labute approximate surface area is 82.3 Å². The SMILES string of the molecule is CCNC(=S)N(F)c1ccccc1. The van der Waals surface area contributed by atoms with Crippen LogP contribution in [0.4, 0.5) is 10.2 Å². The van der Waals surface area contributed by atoms with E-state index < -0.39 is 0 Å². The Morgan fingerprint density at radius 3 is 2.62 bits per heavy atom. The fraction of sp³-hybridized carbons (Fsp3) is 0.222. The molecule has 70 valence electrons. The van der Waals surface area contributed by atoms with E-state index in [1.807, 2.05) is 13.0 Å². The fourth-order valence-electron chi connectivity index (χ4n) is 0.897. The average Bonchev–Trinajstić information content (AvgIpc) is 2.18. The van der Waals surface area contributed by atoms with Crippen LogP contribution >= 0.6 is 12.2 Å². The molecule has 1 N–H and O–H groups in total. The smallest absolute Gasteiger partial charge is 0.203 e. The van der Waals surface area contributed by atoms with E-state index in [2.05, 4.69) is 5.32 Å². The monoisotopic (exact) mass is 198 g/mol. The normalized spacial score (nSPS) is 9.38. The largest absolute Gasteiger partial charge is 0.361 e. The Morgan fingerprint density at radius 2 is 2.08 bits per heavy atom. The van der Waals surface area contributed by atoms with Crippen molar-refractivity contribution in [1.82, 2.24) is 5.32 Å². The van der Waals surface area contributed by atoms with Crippen LogP contribution in [0, 0.1) is 0 Å².